The molecule has 0 atom stereocenters. The van der Waals surface area contributed by atoms with E-state index in [2.05, 4.69) is 12.1 Å². The van der Waals surface area contributed by atoms with Gasteiger partial charge in [0.1, 0.15) is 6.54 Å². The first-order valence-electron chi connectivity index (χ1n) is 11.0. The number of carbonyl (C=O) groups is 2. The number of hydrogen-bond acceptors (Lipinski definition) is 3. The van der Waals surface area contributed by atoms with Gasteiger partial charge in [0.15, 0.2) is 0 Å². The molecule has 1 heterocycles. The van der Waals surface area contributed by atoms with Crippen molar-refractivity contribution in [1.82, 2.24) is 9.47 Å². The topological polar surface area (TPSA) is 112 Å². The number of aromatic nitrogens is 1. The largest absolute Gasteiger partial charge is 0.464 e. The number of rotatable bonds is 4. The second kappa shape index (κ2) is 7.25. The van der Waals surface area contributed by atoms with Gasteiger partial charge in [0, 0.05) is 16.8 Å². The highest BCUT2D eigenvalue weighted by atomic mass is 16.4. The standard InChI is InChI=1S/C24H28N4O3/c25-22(26)28(23(30)31)21(29)14-27-19(18-4-2-1-3-5-18)6-7-20(27)24-11-15-8-16(12-24)10-17(9-15)13-24/h1-7,15-17H,8-14H2,(H3,25,26)(H,30,31). The summed E-state index contributed by atoms with van der Waals surface area (Å²) in [5, 5.41) is 16.9. The minimum atomic E-state index is -1.53. The van der Waals surface area contributed by atoms with E-state index in [1.807, 2.05) is 34.9 Å². The first-order chi connectivity index (χ1) is 14.9. The number of nitrogens with two attached hydrogens (primary N) is 1. The Morgan fingerprint density at radius 2 is 1.61 bits per heavy atom. The van der Waals surface area contributed by atoms with Crippen LogP contribution in [0.15, 0.2) is 42.5 Å². The molecule has 162 valence electrons. The predicted molar refractivity (Wildman–Crippen MR) is 117 cm³/mol. The highest BCUT2D eigenvalue weighted by Crippen LogP contribution is 2.61. The van der Waals surface area contributed by atoms with Gasteiger partial charge in [-0.15, -0.1) is 0 Å². The van der Waals surface area contributed by atoms with Crippen LogP contribution in [0.5, 0.6) is 0 Å². The van der Waals surface area contributed by atoms with Crippen molar-refractivity contribution in [2.24, 2.45) is 23.5 Å². The quantitative estimate of drug-likeness (QED) is 0.512. The van der Waals surface area contributed by atoms with Crippen LogP contribution in [0, 0.1) is 23.2 Å². The average molecular weight is 421 g/mol. The molecule has 7 nitrogen and oxygen atoms in total. The maximum Gasteiger partial charge on any atom is 0.421 e. The lowest BCUT2D eigenvalue weighted by Crippen LogP contribution is -2.50. The molecule has 4 aliphatic carbocycles. The van der Waals surface area contributed by atoms with Crippen molar-refractivity contribution in [3.05, 3.63) is 48.2 Å². The fourth-order valence-corrected chi connectivity index (χ4v) is 6.94. The third-order valence-corrected chi connectivity index (χ3v) is 7.61. The van der Waals surface area contributed by atoms with E-state index in [4.69, 9.17) is 11.1 Å². The van der Waals surface area contributed by atoms with E-state index >= 15 is 0 Å². The van der Waals surface area contributed by atoms with Gasteiger partial charge in [0.2, 0.25) is 5.96 Å². The van der Waals surface area contributed by atoms with Crippen molar-refractivity contribution in [2.45, 2.75) is 50.5 Å². The number of amides is 2. The summed E-state index contributed by atoms with van der Waals surface area (Å²) in [5.41, 5.74) is 8.46. The Morgan fingerprint density at radius 1 is 1.03 bits per heavy atom. The van der Waals surface area contributed by atoms with Crippen LogP contribution in [0.4, 0.5) is 4.79 Å². The fourth-order valence-electron chi connectivity index (χ4n) is 6.94. The molecule has 4 saturated carbocycles. The number of benzene rings is 1. The summed E-state index contributed by atoms with van der Waals surface area (Å²) in [7, 11) is 0. The number of carbonyl (C=O) groups excluding carboxylic acids is 1. The lowest BCUT2D eigenvalue weighted by Gasteiger charge is -2.57. The van der Waals surface area contributed by atoms with Crippen LogP contribution < -0.4 is 5.73 Å². The van der Waals surface area contributed by atoms with Crippen LogP contribution in [0.1, 0.15) is 44.2 Å². The molecule has 0 aliphatic heterocycles. The number of nitrogens with one attached hydrogen (secondary N) is 1. The molecule has 0 unspecified atom stereocenters. The molecule has 0 radical (unpaired) electrons. The molecule has 4 fully saturated rings. The maximum absolute atomic E-state index is 13.0. The van der Waals surface area contributed by atoms with Crippen LogP contribution >= 0.6 is 0 Å². The summed E-state index contributed by atoms with van der Waals surface area (Å²) in [6.45, 7) is -0.153. The third-order valence-electron chi connectivity index (χ3n) is 7.61. The molecule has 4 aliphatic rings. The smallest absolute Gasteiger partial charge is 0.421 e. The molecule has 1 aromatic heterocycles. The van der Waals surface area contributed by atoms with Gasteiger partial charge >= 0.3 is 6.09 Å². The van der Waals surface area contributed by atoms with Gasteiger partial charge in [-0.05, 0) is 74.0 Å². The lowest BCUT2D eigenvalue weighted by atomic mass is 9.49. The van der Waals surface area contributed by atoms with Gasteiger partial charge in [0.25, 0.3) is 5.91 Å². The second-order valence-corrected chi connectivity index (χ2v) is 9.65. The molecule has 7 heteroatoms. The summed E-state index contributed by atoms with van der Waals surface area (Å²) in [6, 6.07) is 14.1. The Morgan fingerprint density at radius 3 is 2.13 bits per heavy atom. The molecule has 1 aromatic carbocycles. The number of imide groups is 1. The van der Waals surface area contributed by atoms with Crippen molar-refractivity contribution in [2.75, 3.05) is 0 Å². The van der Waals surface area contributed by atoms with Crippen molar-refractivity contribution >= 4 is 18.0 Å². The summed E-state index contributed by atoms with van der Waals surface area (Å²) in [4.78, 5) is 24.8. The molecule has 2 amide bonds. The molecule has 0 spiro atoms. The highest BCUT2D eigenvalue weighted by molar-refractivity contribution is 6.07. The zero-order valence-electron chi connectivity index (χ0n) is 17.5. The molecule has 0 saturated heterocycles. The molecule has 2 aromatic rings. The second-order valence-electron chi connectivity index (χ2n) is 9.65. The Bertz CT molecular complexity index is 993. The van der Waals surface area contributed by atoms with Crippen LogP contribution in [0.2, 0.25) is 0 Å². The van der Waals surface area contributed by atoms with Gasteiger partial charge in [-0.1, -0.05) is 30.3 Å². The summed E-state index contributed by atoms with van der Waals surface area (Å²) < 4.78 is 1.99. The molecule has 31 heavy (non-hydrogen) atoms. The van der Waals surface area contributed by atoms with Crippen molar-refractivity contribution < 1.29 is 14.7 Å². The van der Waals surface area contributed by atoms with Crippen molar-refractivity contribution in [1.29, 1.82) is 5.41 Å². The number of nitrogens with zero attached hydrogens (tertiary/aromatic N) is 2. The summed E-state index contributed by atoms with van der Waals surface area (Å²) in [6.07, 6.45) is 5.86. The Hall–Kier alpha value is -3.09. The zero-order valence-corrected chi connectivity index (χ0v) is 17.5. The van der Waals surface area contributed by atoms with Crippen LogP contribution in [0.25, 0.3) is 11.3 Å². The first-order valence-corrected chi connectivity index (χ1v) is 11.0. The van der Waals surface area contributed by atoms with Crippen LogP contribution in [-0.4, -0.2) is 32.5 Å². The van der Waals surface area contributed by atoms with Gasteiger partial charge in [-0.3, -0.25) is 10.2 Å². The minimum Gasteiger partial charge on any atom is -0.464 e. The Kier molecular flexibility index (Phi) is 4.64. The first kappa shape index (κ1) is 19.8. The number of carboxylic acid groups (broad SMARTS) is 1. The fraction of sp³-hybridized carbons (Fsp3) is 0.458. The van der Waals surface area contributed by atoms with Crippen molar-refractivity contribution in [3.8, 4) is 11.3 Å². The normalized spacial score (nSPS) is 28.5. The summed E-state index contributed by atoms with van der Waals surface area (Å²) in [5.74, 6) is 0.760. The van der Waals surface area contributed by atoms with E-state index in [0.29, 0.717) is 4.90 Å². The molecule has 4 bridgehead atoms. The Labute approximate surface area is 181 Å². The molecular weight excluding hydrogens is 392 g/mol. The Balaban J connectivity index is 1.58. The molecule has 6 rings (SSSR count). The van der Waals surface area contributed by atoms with Crippen molar-refractivity contribution in [3.63, 3.8) is 0 Å². The number of hydrogen-bond donors (Lipinski definition) is 3. The predicted octanol–water partition coefficient (Wildman–Crippen LogP) is 4.02. The molecular formula is C24H28N4O3. The maximum atomic E-state index is 13.0. The lowest BCUT2D eigenvalue weighted by molar-refractivity contribution is -0.126. The van der Waals surface area contributed by atoms with E-state index in [9.17, 15) is 14.7 Å². The van der Waals surface area contributed by atoms with E-state index in [-0.39, 0.29) is 12.0 Å². The number of guanidine groups is 1. The monoisotopic (exact) mass is 420 g/mol. The minimum absolute atomic E-state index is 0.0480. The van der Waals surface area contributed by atoms with E-state index < -0.39 is 18.0 Å². The van der Waals surface area contributed by atoms with Crippen LogP contribution in [0.3, 0.4) is 0 Å². The van der Waals surface area contributed by atoms with E-state index in [0.717, 1.165) is 54.0 Å². The zero-order chi connectivity index (χ0) is 21.8. The van der Waals surface area contributed by atoms with Gasteiger partial charge in [-0.2, -0.15) is 4.90 Å². The van der Waals surface area contributed by atoms with Gasteiger partial charge in [-0.25, -0.2) is 4.79 Å². The van der Waals surface area contributed by atoms with Crippen LogP contribution in [-0.2, 0) is 16.8 Å². The SMILES string of the molecule is N=C(N)N(C(=O)O)C(=O)Cn1c(-c2ccccc2)ccc1C12CC3CC(CC(C3)C1)C2. The third kappa shape index (κ3) is 3.32. The average Bonchev–Trinajstić information content (AvgIpc) is 3.11. The molecule has 4 N–H and O–H groups in total. The van der Waals surface area contributed by atoms with E-state index in [1.54, 1.807) is 0 Å². The van der Waals surface area contributed by atoms with E-state index in [1.165, 1.54) is 19.3 Å². The van der Waals surface area contributed by atoms with Gasteiger partial charge in [0.05, 0.1) is 0 Å². The van der Waals surface area contributed by atoms with Gasteiger partial charge < -0.3 is 15.4 Å². The highest BCUT2D eigenvalue weighted by Gasteiger charge is 2.52. The summed E-state index contributed by atoms with van der Waals surface area (Å²) >= 11 is 0.